The summed E-state index contributed by atoms with van der Waals surface area (Å²) >= 11 is 0.911. The molecule has 5 rings (SSSR count). The van der Waals surface area contributed by atoms with Crippen molar-refractivity contribution in [3.63, 3.8) is 0 Å². The minimum Gasteiger partial charge on any atom is -0.460 e. The van der Waals surface area contributed by atoms with Crippen molar-refractivity contribution >= 4 is 29.0 Å². The number of halogens is 6. The molecule has 15 heteroatoms. The molecule has 1 atom stereocenters. The quantitative estimate of drug-likeness (QED) is 0.284. The predicted molar refractivity (Wildman–Crippen MR) is 143 cm³/mol. The van der Waals surface area contributed by atoms with E-state index < -0.39 is 29.7 Å². The van der Waals surface area contributed by atoms with E-state index in [4.69, 9.17) is 4.42 Å². The fraction of sp³-hybridized carbons (Fsp3) is 0.370. The number of benzene rings is 1. The van der Waals surface area contributed by atoms with Crippen molar-refractivity contribution in [2.45, 2.75) is 38.0 Å². The van der Waals surface area contributed by atoms with Crippen molar-refractivity contribution < 1.29 is 40.7 Å². The van der Waals surface area contributed by atoms with Crippen LogP contribution in [0.25, 0.3) is 17.4 Å². The van der Waals surface area contributed by atoms with Crippen LogP contribution >= 0.6 is 11.8 Å². The number of alkyl halides is 6. The summed E-state index contributed by atoms with van der Waals surface area (Å²) in [4.78, 5) is 22.8. The first-order valence-electron chi connectivity index (χ1n) is 12.9. The zero-order valence-corrected chi connectivity index (χ0v) is 22.6. The summed E-state index contributed by atoms with van der Waals surface area (Å²) in [7, 11) is 0. The zero-order valence-electron chi connectivity index (χ0n) is 21.8. The molecular weight excluding hydrogens is 588 g/mol. The van der Waals surface area contributed by atoms with Crippen LogP contribution in [0.2, 0.25) is 0 Å². The molecule has 42 heavy (non-hydrogen) atoms. The largest absolute Gasteiger partial charge is 0.460 e. The van der Waals surface area contributed by atoms with Gasteiger partial charge in [0.25, 0.3) is 5.24 Å². The van der Waals surface area contributed by atoms with Crippen LogP contribution in [-0.4, -0.2) is 46.2 Å². The Morgan fingerprint density at radius 3 is 2.38 bits per heavy atom. The minimum absolute atomic E-state index is 0.0847. The van der Waals surface area contributed by atoms with E-state index in [2.05, 4.69) is 20.6 Å². The van der Waals surface area contributed by atoms with Gasteiger partial charge in [-0.3, -0.25) is 4.79 Å². The Kier molecular flexibility index (Phi) is 8.53. The standard InChI is InChI=1S/C27H25F6N5O3S/c28-26(29,30)17-9-16(10-18(11-17)27(31,32)33)21-2-1-20(41-21)14-34-13-15-4-7-38(8-5-15)24-35-6-3-19(36-24)12-22-23(39)37-25(40)42-22/h1-3,6,9-12,15,23,34,39H,4-5,7-8,13-14H2,(H,37,40)/b22-12-. The number of hydrogen-bond donors (Lipinski definition) is 3. The molecule has 2 saturated heterocycles. The third-order valence-electron chi connectivity index (χ3n) is 6.85. The SMILES string of the molecule is O=C1NC(O)/C(=C/c2ccnc(N3CCC(CNCc4ccc(-c5cc(C(F)(F)F)cc(C(F)(F)F)c5)o4)CC3)n2)S1. The van der Waals surface area contributed by atoms with E-state index in [0.717, 1.165) is 24.6 Å². The highest BCUT2D eigenvalue weighted by Gasteiger charge is 2.37. The molecule has 3 N–H and O–H groups in total. The Bertz CT molecular complexity index is 1430. The zero-order chi connectivity index (χ0) is 30.1. The molecule has 2 aromatic heterocycles. The van der Waals surface area contributed by atoms with Crippen molar-refractivity contribution in [1.82, 2.24) is 20.6 Å². The van der Waals surface area contributed by atoms with Gasteiger partial charge in [0.15, 0.2) is 6.23 Å². The number of aromatic nitrogens is 2. The first-order chi connectivity index (χ1) is 19.8. The normalized spacial score (nSPS) is 19.5. The van der Waals surface area contributed by atoms with Crippen LogP contribution < -0.4 is 15.5 Å². The molecule has 4 heterocycles. The number of furan rings is 1. The van der Waals surface area contributed by atoms with Crippen LogP contribution in [0.1, 0.15) is 35.4 Å². The van der Waals surface area contributed by atoms with E-state index in [1.807, 2.05) is 4.90 Å². The van der Waals surface area contributed by atoms with Gasteiger partial charge in [-0.15, -0.1) is 0 Å². The second-order valence-corrected chi connectivity index (χ2v) is 10.9. The molecule has 1 aromatic carbocycles. The van der Waals surface area contributed by atoms with Crippen LogP contribution in [0.15, 0.2) is 51.9 Å². The summed E-state index contributed by atoms with van der Waals surface area (Å²) in [6.07, 6.45) is -6.01. The third-order valence-corrected chi connectivity index (χ3v) is 7.73. The number of anilines is 1. The van der Waals surface area contributed by atoms with Crippen LogP contribution in [0, 0.1) is 5.92 Å². The highest BCUT2D eigenvalue weighted by Crippen LogP contribution is 2.39. The van der Waals surface area contributed by atoms with Crippen LogP contribution in [0.5, 0.6) is 0 Å². The Hall–Kier alpha value is -3.56. The maximum atomic E-state index is 13.2. The molecule has 3 aromatic rings. The maximum Gasteiger partial charge on any atom is 0.416 e. The molecular formula is C27H25F6N5O3S. The van der Waals surface area contributed by atoms with E-state index >= 15 is 0 Å². The monoisotopic (exact) mass is 613 g/mol. The van der Waals surface area contributed by atoms with Crippen LogP contribution in [-0.2, 0) is 18.9 Å². The molecule has 224 valence electrons. The van der Waals surface area contributed by atoms with Gasteiger partial charge in [-0.1, -0.05) is 0 Å². The van der Waals surface area contributed by atoms with Gasteiger partial charge >= 0.3 is 12.4 Å². The van der Waals surface area contributed by atoms with Crippen LogP contribution in [0.3, 0.4) is 0 Å². The van der Waals surface area contributed by atoms with Crippen molar-refractivity contribution in [2.24, 2.45) is 5.92 Å². The summed E-state index contributed by atoms with van der Waals surface area (Å²) in [6.45, 7) is 2.29. The highest BCUT2D eigenvalue weighted by molar-refractivity contribution is 8.17. The molecule has 0 bridgehead atoms. The fourth-order valence-electron chi connectivity index (χ4n) is 4.69. The Morgan fingerprint density at radius 2 is 1.76 bits per heavy atom. The summed E-state index contributed by atoms with van der Waals surface area (Å²) in [5, 5.41) is 15.2. The Balaban J connectivity index is 1.14. The number of thioether (sulfide) groups is 1. The summed E-state index contributed by atoms with van der Waals surface area (Å²) in [5.41, 5.74) is -2.53. The minimum atomic E-state index is -4.94. The molecule has 2 aliphatic rings. The first-order valence-corrected chi connectivity index (χ1v) is 13.7. The molecule has 2 fully saturated rings. The number of nitrogens with one attached hydrogen (secondary N) is 2. The van der Waals surface area contributed by atoms with Gasteiger partial charge in [-0.05, 0) is 79.5 Å². The number of rotatable bonds is 7. The van der Waals surface area contributed by atoms with Gasteiger partial charge in [0.05, 0.1) is 23.4 Å². The second-order valence-electron chi connectivity index (χ2n) is 9.89. The van der Waals surface area contributed by atoms with Gasteiger partial charge in [-0.2, -0.15) is 26.3 Å². The lowest BCUT2D eigenvalue weighted by atomic mass is 9.97. The maximum absolute atomic E-state index is 13.2. The number of piperidine rings is 1. The fourth-order valence-corrected chi connectivity index (χ4v) is 5.42. The number of carbonyl (C=O) groups is 1. The highest BCUT2D eigenvalue weighted by atomic mass is 32.2. The van der Waals surface area contributed by atoms with Gasteiger partial charge in [-0.25, -0.2) is 9.97 Å². The van der Waals surface area contributed by atoms with E-state index in [1.165, 1.54) is 12.1 Å². The van der Waals surface area contributed by atoms with Crippen molar-refractivity contribution in [2.75, 3.05) is 24.5 Å². The number of nitrogens with zero attached hydrogens (tertiary/aromatic N) is 3. The smallest absolute Gasteiger partial charge is 0.416 e. The average molecular weight is 614 g/mol. The number of hydrogen-bond acceptors (Lipinski definition) is 8. The van der Waals surface area contributed by atoms with E-state index in [9.17, 15) is 36.2 Å². The van der Waals surface area contributed by atoms with E-state index in [1.54, 1.807) is 18.3 Å². The second kappa shape index (κ2) is 12.0. The lowest BCUT2D eigenvalue weighted by Gasteiger charge is -2.32. The van der Waals surface area contributed by atoms with E-state index in [0.29, 0.717) is 60.0 Å². The number of aliphatic hydroxyl groups excluding tert-OH is 1. The molecule has 0 saturated carbocycles. The molecule has 0 radical (unpaired) electrons. The lowest BCUT2D eigenvalue weighted by molar-refractivity contribution is -0.143. The van der Waals surface area contributed by atoms with Gasteiger partial charge in [0.2, 0.25) is 5.95 Å². The average Bonchev–Trinajstić information content (AvgIpc) is 3.53. The van der Waals surface area contributed by atoms with E-state index in [-0.39, 0.29) is 29.2 Å². The number of aliphatic hydroxyl groups is 1. The topological polar surface area (TPSA) is 104 Å². The Morgan fingerprint density at radius 1 is 1.07 bits per heavy atom. The summed E-state index contributed by atoms with van der Waals surface area (Å²) in [5.74, 6) is 1.16. The molecule has 1 amide bonds. The van der Waals surface area contributed by atoms with Gasteiger partial charge < -0.3 is 25.1 Å². The molecule has 0 spiro atoms. The number of amides is 1. The predicted octanol–water partition coefficient (Wildman–Crippen LogP) is 5.90. The molecule has 1 unspecified atom stereocenters. The first kappa shape index (κ1) is 29.9. The van der Waals surface area contributed by atoms with Crippen molar-refractivity contribution in [1.29, 1.82) is 0 Å². The third kappa shape index (κ3) is 7.25. The molecule has 8 nitrogen and oxygen atoms in total. The van der Waals surface area contributed by atoms with Crippen molar-refractivity contribution in [3.05, 3.63) is 70.1 Å². The molecule has 0 aliphatic carbocycles. The number of carbonyl (C=O) groups excluding carboxylic acids is 1. The van der Waals surface area contributed by atoms with Gasteiger partial charge in [0.1, 0.15) is 11.5 Å². The van der Waals surface area contributed by atoms with Crippen molar-refractivity contribution in [3.8, 4) is 11.3 Å². The lowest BCUT2D eigenvalue weighted by Crippen LogP contribution is -2.38. The van der Waals surface area contributed by atoms with Crippen LogP contribution in [0.4, 0.5) is 37.1 Å². The van der Waals surface area contributed by atoms with Gasteiger partial charge in [0, 0.05) is 29.8 Å². The summed E-state index contributed by atoms with van der Waals surface area (Å²) < 4.78 is 84.8. The molecule has 2 aliphatic heterocycles. The Labute approximate surface area is 240 Å². The summed E-state index contributed by atoms with van der Waals surface area (Å²) in [6, 6.07) is 5.94.